The number of fused-ring (bicyclic) bond motifs is 1. The average Bonchev–Trinajstić information content (AvgIpc) is 2.70. The van der Waals surface area contributed by atoms with Crippen molar-refractivity contribution in [2.75, 3.05) is 13.1 Å². The van der Waals surface area contributed by atoms with Gasteiger partial charge in [-0.25, -0.2) is 9.97 Å². The molecule has 0 aliphatic carbocycles. The molecule has 5 heteroatoms. The van der Waals surface area contributed by atoms with Gasteiger partial charge in [-0.1, -0.05) is 36.8 Å². The highest BCUT2D eigenvalue weighted by atomic mass is 16.1. The quantitative estimate of drug-likeness (QED) is 0.712. The first-order chi connectivity index (χ1) is 13.1. The van der Waals surface area contributed by atoms with Crippen LogP contribution in [0.1, 0.15) is 36.9 Å². The van der Waals surface area contributed by atoms with Gasteiger partial charge in [0.2, 0.25) is 0 Å². The second kappa shape index (κ2) is 7.61. The Morgan fingerprint density at radius 2 is 1.85 bits per heavy atom. The Morgan fingerprint density at radius 1 is 1.11 bits per heavy atom. The molecule has 27 heavy (non-hydrogen) atoms. The molecule has 1 fully saturated rings. The normalized spacial score (nSPS) is 17.3. The van der Waals surface area contributed by atoms with Crippen LogP contribution in [0.4, 0.5) is 0 Å². The molecule has 0 saturated carbocycles. The molecule has 5 nitrogen and oxygen atoms in total. The van der Waals surface area contributed by atoms with E-state index < -0.39 is 0 Å². The van der Waals surface area contributed by atoms with Crippen LogP contribution in [0.5, 0.6) is 0 Å². The van der Waals surface area contributed by atoms with Gasteiger partial charge >= 0.3 is 0 Å². The summed E-state index contributed by atoms with van der Waals surface area (Å²) in [6.45, 7) is 7.14. The summed E-state index contributed by atoms with van der Waals surface area (Å²) in [6, 6.07) is 12.5. The number of likely N-dealkylation sites (tertiary alicyclic amines) is 1. The first-order valence-electron chi connectivity index (χ1n) is 9.72. The van der Waals surface area contributed by atoms with Gasteiger partial charge in [0.15, 0.2) is 5.52 Å². The highest BCUT2D eigenvalue weighted by Crippen LogP contribution is 2.28. The molecule has 140 valence electrons. The topological polar surface area (TPSA) is 51.0 Å². The zero-order valence-corrected chi connectivity index (χ0v) is 16.0. The maximum absolute atomic E-state index is 12.9. The van der Waals surface area contributed by atoms with E-state index in [0.29, 0.717) is 17.6 Å². The summed E-state index contributed by atoms with van der Waals surface area (Å²) in [4.78, 5) is 24.1. The predicted octanol–water partition coefficient (Wildman–Crippen LogP) is 3.57. The van der Waals surface area contributed by atoms with Crippen molar-refractivity contribution >= 4 is 11.0 Å². The van der Waals surface area contributed by atoms with E-state index in [1.165, 1.54) is 24.0 Å². The number of pyridine rings is 1. The molecule has 1 atom stereocenters. The van der Waals surface area contributed by atoms with E-state index in [-0.39, 0.29) is 11.6 Å². The highest BCUT2D eigenvalue weighted by molar-refractivity contribution is 5.71. The van der Waals surface area contributed by atoms with Crippen LogP contribution in [0, 0.1) is 12.8 Å². The Morgan fingerprint density at radius 3 is 2.59 bits per heavy atom. The number of nitrogens with zero attached hydrogens (tertiary/aromatic N) is 4. The van der Waals surface area contributed by atoms with Gasteiger partial charge in [-0.3, -0.25) is 14.3 Å². The molecule has 0 spiro atoms. The molecule has 1 unspecified atom stereocenters. The maximum atomic E-state index is 12.9. The zero-order chi connectivity index (χ0) is 18.8. The van der Waals surface area contributed by atoms with Gasteiger partial charge in [-0.05, 0) is 56.5 Å². The summed E-state index contributed by atoms with van der Waals surface area (Å²) in [5, 5.41) is 0. The second-order valence-corrected chi connectivity index (χ2v) is 7.72. The second-order valence-electron chi connectivity index (χ2n) is 7.72. The van der Waals surface area contributed by atoms with Crippen molar-refractivity contribution in [3.8, 4) is 0 Å². The molecule has 0 bridgehead atoms. The van der Waals surface area contributed by atoms with Gasteiger partial charge in [-0.15, -0.1) is 0 Å². The molecule has 3 heterocycles. The van der Waals surface area contributed by atoms with Crippen molar-refractivity contribution < 1.29 is 0 Å². The summed E-state index contributed by atoms with van der Waals surface area (Å²) in [5.74, 6) is 0.772. The number of piperidine rings is 1. The van der Waals surface area contributed by atoms with Crippen molar-refractivity contribution in [3.05, 3.63) is 70.4 Å². The fraction of sp³-hybridized carbons (Fsp3) is 0.409. The van der Waals surface area contributed by atoms with E-state index in [1.54, 1.807) is 17.1 Å². The van der Waals surface area contributed by atoms with Crippen molar-refractivity contribution in [3.63, 3.8) is 0 Å². The van der Waals surface area contributed by atoms with Crippen LogP contribution in [-0.4, -0.2) is 32.5 Å². The third kappa shape index (κ3) is 3.78. The standard InChI is InChI=1S/C22H26N4O/c1-16-5-7-18(8-6-16)20(25-12-9-17(2)10-13-25)14-26-15-24-19-4-3-11-23-21(19)22(26)27/h3-8,11,15,17,20H,9-10,12-14H2,1-2H3. The van der Waals surface area contributed by atoms with Crippen LogP contribution < -0.4 is 5.56 Å². The van der Waals surface area contributed by atoms with Gasteiger partial charge in [-0.2, -0.15) is 0 Å². The lowest BCUT2D eigenvalue weighted by molar-refractivity contribution is 0.124. The monoisotopic (exact) mass is 362 g/mol. The Bertz CT molecular complexity index is 972. The lowest BCUT2D eigenvalue weighted by atomic mass is 9.95. The number of benzene rings is 1. The summed E-state index contributed by atoms with van der Waals surface area (Å²) in [6.07, 6.45) is 5.73. The lowest BCUT2D eigenvalue weighted by Crippen LogP contribution is -2.39. The maximum Gasteiger partial charge on any atom is 0.279 e. The third-order valence-corrected chi connectivity index (χ3v) is 5.68. The number of aryl methyl sites for hydroxylation is 1. The number of rotatable bonds is 4. The fourth-order valence-electron chi connectivity index (χ4n) is 3.86. The van der Waals surface area contributed by atoms with Crippen LogP contribution in [0.2, 0.25) is 0 Å². The minimum Gasteiger partial charge on any atom is -0.295 e. The third-order valence-electron chi connectivity index (χ3n) is 5.68. The molecule has 1 aromatic carbocycles. The van der Waals surface area contributed by atoms with Crippen LogP contribution in [0.25, 0.3) is 11.0 Å². The Hall–Kier alpha value is -2.53. The summed E-state index contributed by atoms with van der Waals surface area (Å²) in [7, 11) is 0. The van der Waals surface area contributed by atoms with E-state index in [4.69, 9.17) is 0 Å². The van der Waals surface area contributed by atoms with E-state index >= 15 is 0 Å². The fourth-order valence-corrected chi connectivity index (χ4v) is 3.86. The van der Waals surface area contributed by atoms with Crippen molar-refractivity contribution in [1.29, 1.82) is 0 Å². The predicted molar refractivity (Wildman–Crippen MR) is 108 cm³/mol. The molecule has 4 rings (SSSR count). The molecule has 0 radical (unpaired) electrons. The molecule has 3 aromatic rings. The first-order valence-corrected chi connectivity index (χ1v) is 9.72. The minimum absolute atomic E-state index is 0.0666. The van der Waals surface area contributed by atoms with Crippen molar-refractivity contribution in [2.24, 2.45) is 5.92 Å². The Labute approximate surface area is 159 Å². The molecule has 1 aliphatic rings. The van der Waals surface area contributed by atoms with Gasteiger partial charge in [0.1, 0.15) is 0 Å². The Kier molecular flexibility index (Phi) is 5.03. The smallest absolute Gasteiger partial charge is 0.279 e. The molecule has 1 aliphatic heterocycles. The minimum atomic E-state index is -0.0666. The van der Waals surface area contributed by atoms with Crippen molar-refractivity contribution in [2.45, 2.75) is 39.3 Å². The van der Waals surface area contributed by atoms with E-state index in [0.717, 1.165) is 19.0 Å². The van der Waals surface area contributed by atoms with E-state index in [9.17, 15) is 4.79 Å². The zero-order valence-electron chi connectivity index (χ0n) is 16.0. The number of hydrogen-bond acceptors (Lipinski definition) is 4. The molecule has 1 saturated heterocycles. The summed E-state index contributed by atoms with van der Waals surface area (Å²) < 4.78 is 1.72. The highest BCUT2D eigenvalue weighted by Gasteiger charge is 2.25. The SMILES string of the molecule is Cc1ccc(C(Cn2cnc3cccnc3c2=O)N2CCC(C)CC2)cc1. The van der Waals surface area contributed by atoms with Gasteiger partial charge < -0.3 is 0 Å². The van der Waals surface area contributed by atoms with Crippen molar-refractivity contribution in [1.82, 2.24) is 19.4 Å². The van der Waals surface area contributed by atoms with Gasteiger partial charge in [0.05, 0.1) is 17.9 Å². The lowest BCUT2D eigenvalue weighted by Gasteiger charge is -2.37. The van der Waals surface area contributed by atoms with Crippen LogP contribution in [-0.2, 0) is 6.54 Å². The summed E-state index contributed by atoms with van der Waals surface area (Å²) in [5.41, 5.74) is 3.53. The number of aromatic nitrogens is 3. The van der Waals surface area contributed by atoms with Gasteiger partial charge in [0.25, 0.3) is 5.56 Å². The average molecular weight is 362 g/mol. The molecular weight excluding hydrogens is 336 g/mol. The molecule has 2 aromatic heterocycles. The van der Waals surface area contributed by atoms with E-state index in [2.05, 4.69) is 53.0 Å². The Balaban J connectivity index is 1.69. The van der Waals surface area contributed by atoms with Crippen LogP contribution >= 0.6 is 0 Å². The van der Waals surface area contributed by atoms with E-state index in [1.807, 2.05) is 12.1 Å². The molecule has 0 N–H and O–H groups in total. The number of hydrogen-bond donors (Lipinski definition) is 0. The molecular formula is C22H26N4O. The van der Waals surface area contributed by atoms with Gasteiger partial charge in [0, 0.05) is 12.7 Å². The van der Waals surface area contributed by atoms with Crippen LogP contribution in [0.3, 0.4) is 0 Å². The molecule has 0 amide bonds. The van der Waals surface area contributed by atoms with Crippen LogP contribution in [0.15, 0.2) is 53.7 Å². The first kappa shape index (κ1) is 17.9. The summed E-state index contributed by atoms with van der Waals surface area (Å²) >= 11 is 0. The largest absolute Gasteiger partial charge is 0.295 e.